The number of aliphatic carboxylic acids is 1. The van der Waals surface area contributed by atoms with Crippen LogP contribution >= 0.6 is 0 Å². The number of carboxylic acid groups (broad SMARTS) is 1. The molecule has 5 heteroatoms. The molecule has 0 heterocycles. The quantitative estimate of drug-likeness (QED) is 0.0692. The Morgan fingerprint density at radius 1 is 0.600 bits per heavy atom. The Hall–Kier alpha value is -1.13. The molecule has 1 unspecified atom stereocenters. The van der Waals surface area contributed by atoms with Crippen LogP contribution in [-0.2, 0) is 9.63 Å². The van der Waals surface area contributed by atoms with Crippen molar-refractivity contribution >= 4 is 5.97 Å². The van der Waals surface area contributed by atoms with E-state index in [1.54, 1.807) is 0 Å². The van der Waals surface area contributed by atoms with Crippen LogP contribution in [0.5, 0.6) is 0 Å². The lowest BCUT2D eigenvalue weighted by molar-refractivity contribution is -0.137. The minimum atomic E-state index is -0.651. The smallest absolute Gasteiger partial charge is 0.303 e. The van der Waals surface area contributed by atoms with Crippen LogP contribution in [0.25, 0.3) is 0 Å². The monoisotopic (exact) mass is 499 g/mol. The van der Waals surface area contributed by atoms with Crippen molar-refractivity contribution in [3.05, 3.63) is 4.91 Å². The molecular formula is C30H61NO4. The Morgan fingerprint density at radius 2 is 0.914 bits per heavy atom. The fraction of sp³-hybridized carbons (Fsp3) is 0.967. The first-order valence-electron chi connectivity index (χ1n) is 15.3. The highest BCUT2D eigenvalue weighted by Gasteiger charge is 2.01. The van der Waals surface area contributed by atoms with Gasteiger partial charge >= 0.3 is 5.97 Å². The zero-order valence-corrected chi connectivity index (χ0v) is 23.9. The Morgan fingerprint density at radius 3 is 1.23 bits per heavy atom. The summed E-state index contributed by atoms with van der Waals surface area (Å²) in [6.45, 7) is 6.32. The highest BCUT2D eigenvalue weighted by molar-refractivity contribution is 5.66. The van der Waals surface area contributed by atoms with E-state index in [2.05, 4.69) is 24.0 Å². The minimum absolute atomic E-state index is 0.00986. The summed E-state index contributed by atoms with van der Waals surface area (Å²) in [5.74, 6) is -0.651. The molecule has 0 aromatic carbocycles. The standard InChI is InChI=1S/C22H44O2.C8H17NO2/c1-2-3-4-5-6-7-8-9-10-11-12-13-14-15-16-17-18-19-20-21-22(23)24;1-3-4-5-6-7-8(2)11-9-10/h2-21H2,1H3,(H,23,24);8H,3-7H2,1-2H3. The molecule has 1 atom stereocenters. The molecule has 0 aromatic rings. The molecule has 0 fully saturated rings. The van der Waals surface area contributed by atoms with Gasteiger partial charge < -0.3 is 9.94 Å². The average molecular weight is 500 g/mol. The topological polar surface area (TPSA) is 76.0 Å². The highest BCUT2D eigenvalue weighted by atomic mass is 16.7. The lowest BCUT2D eigenvalue weighted by atomic mass is 10.0. The first-order chi connectivity index (χ1) is 17.1. The summed E-state index contributed by atoms with van der Waals surface area (Å²) in [6, 6.07) is 0. The second kappa shape index (κ2) is 32.9. The van der Waals surface area contributed by atoms with Gasteiger partial charge in [-0.25, -0.2) is 0 Å². The fourth-order valence-corrected chi connectivity index (χ4v) is 4.34. The van der Waals surface area contributed by atoms with Gasteiger partial charge in [-0.1, -0.05) is 149 Å². The van der Waals surface area contributed by atoms with E-state index in [-0.39, 0.29) is 6.10 Å². The van der Waals surface area contributed by atoms with Gasteiger partial charge in [-0.15, -0.1) is 4.91 Å². The van der Waals surface area contributed by atoms with E-state index >= 15 is 0 Å². The van der Waals surface area contributed by atoms with Crippen molar-refractivity contribution in [3.63, 3.8) is 0 Å². The molecule has 0 aliphatic heterocycles. The molecule has 1 N–H and O–H groups in total. The van der Waals surface area contributed by atoms with Gasteiger partial charge in [0.25, 0.3) is 0 Å². The third-order valence-corrected chi connectivity index (χ3v) is 6.68. The Kier molecular flexibility index (Phi) is 33.8. The number of rotatable bonds is 27. The van der Waals surface area contributed by atoms with Gasteiger partial charge in [0.05, 0.1) is 0 Å². The maximum Gasteiger partial charge on any atom is 0.303 e. The van der Waals surface area contributed by atoms with Crippen LogP contribution in [0.1, 0.15) is 181 Å². The van der Waals surface area contributed by atoms with Crippen molar-refractivity contribution in [1.82, 2.24) is 0 Å². The van der Waals surface area contributed by atoms with E-state index in [1.165, 1.54) is 128 Å². The molecule has 5 nitrogen and oxygen atoms in total. The van der Waals surface area contributed by atoms with Crippen molar-refractivity contribution in [3.8, 4) is 0 Å². The number of hydrogen-bond donors (Lipinski definition) is 1. The lowest BCUT2D eigenvalue weighted by Gasteiger charge is -2.05. The van der Waals surface area contributed by atoms with E-state index in [4.69, 9.17) is 5.11 Å². The third-order valence-electron chi connectivity index (χ3n) is 6.68. The van der Waals surface area contributed by atoms with Crippen molar-refractivity contribution in [2.75, 3.05) is 0 Å². The van der Waals surface area contributed by atoms with Crippen LogP contribution in [0.15, 0.2) is 5.34 Å². The second-order valence-corrected chi connectivity index (χ2v) is 10.3. The molecule has 0 saturated heterocycles. The number of carbonyl (C=O) groups is 1. The van der Waals surface area contributed by atoms with Gasteiger partial charge in [-0.3, -0.25) is 4.79 Å². The molecule has 210 valence electrons. The normalized spacial score (nSPS) is 11.5. The SMILES string of the molecule is CCCCCCC(C)ON=O.CCCCCCCCCCCCCCCCCCCCCC(=O)O. The van der Waals surface area contributed by atoms with Gasteiger partial charge in [0.2, 0.25) is 0 Å². The molecule has 35 heavy (non-hydrogen) atoms. The minimum Gasteiger partial charge on any atom is -0.481 e. The molecule has 0 saturated carbocycles. The van der Waals surface area contributed by atoms with E-state index in [0.717, 1.165) is 25.7 Å². The molecule has 0 aromatic heterocycles. The van der Waals surface area contributed by atoms with Gasteiger partial charge in [0, 0.05) is 6.42 Å². The Labute approximate surface area is 218 Å². The van der Waals surface area contributed by atoms with Gasteiger partial charge in [0.1, 0.15) is 6.10 Å². The predicted molar refractivity (Wildman–Crippen MR) is 151 cm³/mol. The van der Waals surface area contributed by atoms with Crippen LogP contribution in [0.4, 0.5) is 0 Å². The van der Waals surface area contributed by atoms with Crippen LogP contribution in [0, 0.1) is 4.91 Å². The zero-order chi connectivity index (χ0) is 26.2. The maximum absolute atomic E-state index is 10.4. The largest absolute Gasteiger partial charge is 0.481 e. The summed E-state index contributed by atoms with van der Waals surface area (Å²) in [5, 5.41) is 10.9. The number of unbranched alkanes of at least 4 members (excludes halogenated alkanes) is 21. The van der Waals surface area contributed by atoms with Crippen molar-refractivity contribution in [1.29, 1.82) is 0 Å². The molecule has 0 radical (unpaired) electrons. The van der Waals surface area contributed by atoms with Gasteiger partial charge in [-0.2, -0.15) is 0 Å². The first-order valence-corrected chi connectivity index (χ1v) is 15.3. The van der Waals surface area contributed by atoms with Crippen LogP contribution in [0.2, 0.25) is 0 Å². The van der Waals surface area contributed by atoms with E-state index in [0.29, 0.717) is 6.42 Å². The van der Waals surface area contributed by atoms with Crippen molar-refractivity contribution in [2.24, 2.45) is 5.34 Å². The van der Waals surface area contributed by atoms with E-state index in [1.807, 2.05) is 6.92 Å². The summed E-state index contributed by atoms with van der Waals surface area (Å²) in [7, 11) is 0. The van der Waals surface area contributed by atoms with Crippen LogP contribution in [0.3, 0.4) is 0 Å². The Balaban J connectivity index is 0. The van der Waals surface area contributed by atoms with Crippen molar-refractivity contribution in [2.45, 2.75) is 187 Å². The number of hydrogen-bond acceptors (Lipinski definition) is 4. The summed E-state index contributed by atoms with van der Waals surface area (Å²) < 4.78 is 0. The molecule has 0 aliphatic rings. The summed E-state index contributed by atoms with van der Waals surface area (Å²) in [4.78, 5) is 24.5. The summed E-state index contributed by atoms with van der Waals surface area (Å²) >= 11 is 0. The van der Waals surface area contributed by atoms with Crippen molar-refractivity contribution < 1.29 is 14.7 Å². The first kappa shape index (κ1) is 36.0. The van der Waals surface area contributed by atoms with Gasteiger partial charge in [0.15, 0.2) is 5.34 Å². The van der Waals surface area contributed by atoms with Crippen LogP contribution < -0.4 is 0 Å². The maximum atomic E-state index is 10.4. The lowest BCUT2D eigenvalue weighted by Crippen LogP contribution is -2.02. The second-order valence-electron chi connectivity index (χ2n) is 10.3. The molecular weight excluding hydrogens is 438 g/mol. The van der Waals surface area contributed by atoms with Gasteiger partial charge in [-0.05, 0) is 26.2 Å². The van der Waals surface area contributed by atoms with Crippen LogP contribution in [-0.4, -0.2) is 17.2 Å². The molecule has 0 aliphatic carbocycles. The summed E-state index contributed by atoms with van der Waals surface area (Å²) in [6.07, 6.45) is 31.9. The van der Waals surface area contributed by atoms with E-state index in [9.17, 15) is 9.70 Å². The third kappa shape index (κ3) is 37.6. The number of nitrogens with zero attached hydrogens (tertiary/aromatic N) is 1. The molecule has 0 rings (SSSR count). The fourth-order valence-electron chi connectivity index (χ4n) is 4.34. The molecule has 0 amide bonds. The molecule has 0 bridgehead atoms. The zero-order valence-electron chi connectivity index (χ0n) is 23.9. The number of carboxylic acids is 1. The summed E-state index contributed by atoms with van der Waals surface area (Å²) in [5.41, 5.74) is 0. The highest BCUT2D eigenvalue weighted by Crippen LogP contribution is 2.14. The average Bonchev–Trinajstić information content (AvgIpc) is 2.84. The van der Waals surface area contributed by atoms with E-state index < -0.39 is 5.97 Å². The molecule has 0 spiro atoms. The predicted octanol–water partition coefficient (Wildman–Crippen LogP) is 10.9. The Bertz CT molecular complexity index is 417.